The fourth-order valence-corrected chi connectivity index (χ4v) is 4.12. The lowest BCUT2D eigenvalue weighted by Gasteiger charge is -2.43. The van der Waals surface area contributed by atoms with Gasteiger partial charge in [-0.05, 0) is 32.1 Å². The summed E-state index contributed by atoms with van der Waals surface area (Å²) < 4.78 is 23.9. The topological polar surface area (TPSA) is 104 Å². The lowest BCUT2D eigenvalue weighted by Crippen LogP contribution is -2.60. The van der Waals surface area contributed by atoms with Crippen molar-refractivity contribution in [3.05, 3.63) is 0 Å². The molecule has 2 bridgehead atoms. The molecule has 7 nitrogen and oxygen atoms in total. The number of likely N-dealkylation sites (N-methyl/N-ethyl adjacent to an activating group) is 1. The van der Waals surface area contributed by atoms with Gasteiger partial charge in [0, 0.05) is 26.2 Å². The quantitative estimate of drug-likeness (QED) is 0.661. The minimum atomic E-state index is -3.32. The first-order valence-corrected chi connectivity index (χ1v) is 9.18. The van der Waals surface area contributed by atoms with Crippen LogP contribution in [-0.2, 0) is 14.8 Å². The number of hydrogen-bond donors (Lipinski definition) is 2. The van der Waals surface area contributed by atoms with E-state index in [2.05, 4.69) is 0 Å². The minimum absolute atomic E-state index is 0.0247. The second kappa shape index (κ2) is 5.83. The normalized spacial score (nSPS) is 31.5. The highest BCUT2D eigenvalue weighted by Crippen LogP contribution is 2.43. The minimum Gasteiger partial charge on any atom is -0.390 e. The number of fused-ring (bicyclic) bond motifs is 2. The number of carbonyl (C=O) groups excluding carboxylic acids is 1. The Hall–Kier alpha value is -0.700. The fraction of sp³-hybridized carbons (Fsp3) is 0.923. The third-order valence-electron chi connectivity index (χ3n) is 4.91. The zero-order chi connectivity index (χ0) is 15.8. The maximum atomic E-state index is 11.9. The Labute approximate surface area is 126 Å². The second-order valence-corrected chi connectivity index (χ2v) is 8.42. The van der Waals surface area contributed by atoms with Crippen LogP contribution in [0.2, 0.25) is 0 Å². The van der Waals surface area contributed by atoms with Crippen molar-refractivity contribution in [2.24, 2.45) is 5.73 Å². The molecule has 0 aromatic carbocycles. The molecular weight excluding hydrogens is 294 g/mol. The zero-order valence-corrected chi connectivity index (χ0v) is 13.5. The molecule has 3 atom stereocenters. The molecule has 0 radical (unpaired) electrons. The van der Waals surface area contributed by atoms with Gasteiger partial charge in [-0.25, -0.2) is 12.7 Å². The molecule has 122 valence electrons. The standard InChI is InChI=1S/C13H25N3O4S/c1-15(21(2,19)20)8-11(17)9-16-10-4-3-6-13(16,7-5-10)12(14)18/h10-11,17H,3-9H2,1-2H3,(H2,14,18)/t10-,11+,13-/m1/s1. The number of piperidine rings is 1. The first-order valence-electron chi connectivity index (χ1n) is 7.33. The van der Waals surface area contributed by atoms with Gasteiger partial charge < -0.3 is 10.8 Å². The van der Waals surface area contributed by atoms with Crippen LogP contribution >= 0.6 is 0 Å². The Kier molecular flexibility index (Phi) is 4.63. The molecule has 8 heteroatoms. The lowest BCUT2D eigenvalue weighted by atomic mass is 9.87. The number of nitrogens with two attached hydrogens (primary N) is 1. The van der Waals surface area contributed by atoms with Crippen molar-refractivity contribution in [3.63, 3.8) is 0 Å². The smallest absolute Gasteiger partial charge is 0.237 e. The number of nitrogens with zero attached hydrogens (tertiary/aromatic N) is 2. The predicted octanol–water partition coefficient (Wildman–Crippen LogP) is -0.889. The van der Waals surface area contributed by atoms with Crippen molar-refractivity contribution in [2.75, 3.05) is 26.4 Å². The molecule has 0 aromatic rings. The van der Waals surface area contributed by atoms with Crippen LogP contribution in [-0.4, -0.2) is 72.7 Å². The average molecular weight is 319 g/mol. The Morgan fingerprint density at radius 2 is 2.14 bits per heavy atom. The molecular formula is C13H25N3O4S. The van der Waals surface area contributed by atoms with Crippen molar-refractivity contribution in [2.45, 2.75) is 49.8 Å². The largest absolute Gasteiger partial charge is 0.390 e. The molecule has 0 saturated carbocycles. The highest BCUT2D eigenvalue weighted by Gasteiger charge is 2.52. The summed E-state index contributed by atoms with van der Waals surface area (Å²) in [4.78, 5) is 13.9. The number of rotatable bonds is 6. The van der Waals surface area contributed by atoms with E-state index in [9.17, 15) is 18.3 Å². The van der Waals surface area contributed by atoms with Gasteiger partial charge in [0.05, 0.1) is 12.4 Å². The van der Waals surface area contributed by atoms with Crippen LogP contribution in [0.4, 0.5) is 0 Å². The zero-order valence-electron chi connectivity index (χ0n) is 12.7. The number of primary amides is 1. The fourth-order valence-electron chi connectivity index (χ4n) is 3.68. The molecule has 2 aliphatic rings. The van der Waals surface area contributed by atoms with E-state index >= 15 is 0 Å². The van der Waals surface area contributed by atoms with E-state index in [0.29, 0.717) is 0 Å². The van der Waals surface area contributed by atoms with E-state index in [1.54, 1.807) is 0 Å². The third-order valence-corrected chi connectivity index (χ3v) is 6.19. The summed E-state index contributed by atoms with van der Waals surface area (Å²) in [6.07, 6.45) is 4.64. The van der Waals surface area contributed by atoms with Crippen LogP contribution in [0.1, 0.15) is 32.1 Å². The second-order valence-electron chi connectivity index (χ2n) is 6.33. The Morgan fingerprint density at radius 3 is 2.71 bits per heavy atom. The summed E-state index contributed by atoms with van der Waals surface area (Å²) in [7, 11) is -1.88. The molecule has 2 aliphatic heterocycles. The van der Waals surface area contributed by atoms with Gasteiger partial charge in [0.2, 0.25) is 15.9 Å². The van der Waals surface area contributed by atoms with Gasteiger partial charge in [0.15, 0.2) is 0 Å². The Bertz CT molecular complexity index is 506. The number of carbonyl (C=O) groups is 1. The molecule has 0 unspecified atom stereocenters. The van der Waals surface area contributed by atoms with Gasteiger partial charge in [-0.1, -0.05) is 0 Å². The molecule has 3 N–H and O–H groups in total. The molecule has 2 rings (SSSR count). The third kappa shape index (κ3) is 3.23. The van der Waals surface area contributed by atoms with Crippen molar-refractivity contribution in [3.8, 4) is 0 Å². The van der Waals surface area contributed by atoms with Crippen LogP contribution in [0.3, 0.4) is 0 Å². The summed E-state index contributed by atoms with van der Waals surface area (Å²) in [5, 5.41) is 10.2. The van der Waals surface area contributed by atoms with Crippen molar-refractivity contribution in [1.29, 1.82) is 0 Å². The molecule has 2 heterocycles. The van der Waals surface area contributed by atoms with E-state index in [4.69, 9.17) is 5.73 Å². The molecule has 0 spiro atoms. The monoisotopic (exact) mass is 319 g/mol. The average Bonchev–Trinajstić information content (AvgIpc) is 2.58. The van der Waals surface area contributed by atoms with Crippen LogP contribution in [0.15, 0.2) is 0 Å². The van der Waals surface area contributed by atoms with E-state index in [-0.39, 0.29) is 25.0 Å². The van der Waals surface area contributed by atoms with Gasteiger partial charge in [0.25, 0.3) is 0 Å². The van der Waals surface area contributed by atoms with Crippen LogP contribution in [0, 0.1) is 0 Å². The number of β-amino-alcohol motifs (C(OH)–C–C–N with tert-alkyl or cyclic N) is 1. The Morgan fingerprint density at radius 1 is 1.48 bits per heavy atom. The SMILES string of the molecule is CN(C[C@H](O)CN1[C@@H]2CCC[C@]1(C(N)=O)CC2)S(C)(=O)=O. The van der Waals surface area contributed by atoms with Crippen molar-refractivity contribution in [1.82, 2.24) is 9.21 Å². The van der Waals surface area contributed by atoms with Crippen molar-refractivity contribution < 1.29 is 18.3 Å². The molecule has 2 fully saturated rings. The molecule has 21 heavy (non-hydrogen) atoms. The maximum Gasteiger partial charge on any atom is 0.237 e. The first-order chi connectivity index (χ1) is 9.67. The number of aliphatic hydroxyl groups is 1. The number of sulfonamides is 1. The number of aliphatic hydroxyl groups excluding tert-OH is 1. The lowest BCUT2D eigenvalue weighted by molar-refractivity contribution is -0.132. The van der Waals surface area contributed by atoms with E-state index in [1.807, 2.05) is 4.90 Å². The van der Waals surface area contributed by atoms with E-state index < -0.39 is 21.7 Å². The summed E-state index contributed by atoms with van der Waals surface area (Å²) in [5.74, 6) is -0.326. The van der Waals surface area contributed by atoms with Crippen molar-refractivity contribution >= 4 is 15.9 Å². The molecule has 1 amide bonds. The predicted molar refractivity (Wildman–Crippen MR) is 79.0 cm³/mol. The number of hydrogen-bond acceptors (Lipinski definition) is 5. The Balaban J connectivity index is 2.06. The summed E-state index contributed by atoms with van der Waals surface area (Å²) in [6, 6.07) is 0.268. The van der Waals surface area contributed by atoms with E-state index in [1.165, 1.54) is 7.05 Å². The number of amides is 1. The summed E-state index contributed by atoms with van der Waals surface area (Å²) in [6.45, 7) is 0.310. The van der Waals surface area contributed by atoms with Gasteiger partial charge in [-0.15, -0.1) is 0 Å². The van der Waals surface area contributed by atoms with E-state index in [0.717, 1.165) is 42.7 Å². The summed E-state index contributed by atoms with van der Waals surface area (Å²) >= 11 is 0. The van der Waals surface area contributed by atoms with Gasteiger partial charge in [-0.2, -0.15) is 0 Å². The van der Waals surface area contributed by atoms with Crippen LogP contribution in [0.5, 0.6) is 0 Å². The van der Waals surface area contributed by atoms with Gasteiger partial charge >= 0.3 is 0 Å². The highest BCUT2D eigenvalue weighted by molar-refractivity contribution is 7.88. The highest BCUT2D eigenvalue weighted by atomic mass is 32.2. The molecule has 2 saturated heterocycles. The van der Waals surface area contributed by atoms with Gasteiger partial charge in [0.1, 0.15) is 5.54 Å². The first kappa shape index (κ1) is 16.7. The van der Waals surface area contributed by atoms with Crippen LogP contribution in [0.25, 0.3) is 0 Å². The molecule has 0 aromatic heterocycles. The van der Waals surface area contributed by atoms with Gasteiger partial charge in [-0.3, -0.25) is 9.69 Å². The maximum absolute atomic E-state index is 11.9. The summed E-state index contributed by atoms with van der Waals surface area (Å²) in [5.41, 5.74) is 4.96. The van der Waals surface area contributed by atoms with Crippen LogP contribution < -0.4 is 5.73 Å². The molecule has 0 aliphatic carbocycles.